The van der Waals surface area contributed by atoms with Crippen molar-refractivity contribution >= 4 is 5.91 Å². The van der Waals surface area contributed by atoms with Gasteiger partial charge < -0.3 is 9.64 Å². The molecule has 0 bridgehead atoms. The van der Waals surface area contributed by atoms with Crippen LogP contribution in [0, 0.1) is 19.7 Å². The largest absolute Gasteiger partial charge is 0.484 e. The molecule has 1 heterocycles. The van der Waals surface area contributed by atoms with Crippen LogP contribution in [-0.4, -0.2) is 47.5 Å². The number of piperazine rings is 1. The molecule has 0 aliphatic carbocycles. The van der Waals surface area contributed by atoms with Gasteiger partial charge in [-0.05, 0) is 68.7 Å². The minimum atomic E-state index is -0.218. The molecule has 0 spiro atoms. The fourth-order valence-corrected chi connectivity index (χ4v) is 3.83. The van der Waals surface area contributed by atoms with E-state index in [4.69, 9.17) is 4.74 Å². The second-order valence-corrected chi connectivity index (χ2v) is 7.91. The number of carbonyl (C=O) groups is 1. The van der Waals surface area contributed by atoms with Gasteiger partial charge in [0.15, 0.2) is 6.61 Å². The number of carbonyl (C=O) groups excluding carboxylic acids is 1. The van der Waals surface area contributed by atoms with E-state index in [0.717, 1.165) is 35.5 Å². The first-order chi connectivity index (χ1) is 13.3. The highest BCUT2D eigenvalue weighted by atomic mass is 19.1. The Bertz CT molecular complexity index is 802. The van der Waals surface area contributed by atoms with Crippen LogP contribution in [0.2, 0.25) is 0 Å². The molecule has 2 aromatic rings. The fraction of sp³-hybridized carbons (Fsp3) is 0.435. The molecule has 2 atom stereocenters. The molecule has 1 amide bonds. The Hall–Kier alpha value is -2.40. The molecule has 1 saturated heterocycles. The predicted molar refractivity (Wildman–Crippen MR) is 109 cm³/mol. The van der Waals surface area contributed by atoms with Crippen LogP contribution in [0.1, 0.15) is 30.5 Å². The van der Waals surface area contributed by atoms with Gasteiger partial charge in [0.05, 0.1) is 0 Å². The normalized spacial score (nSPS) is 20.2. The second-order valence-electron chi connectivity index (χ2n) is 7.91. The molecule has 150 valence electrons. The quantitative estimate of drug-likeness (QED) is 0.783. The average Bonchev–Trinajstić information content (AvgIpc) is 2.63. The number of hydrogen-bond donors (Lipinski definition) is 0. The fourth-order valence-electron chi connectivity index (χ4n) is 3.83. The van der Waals surface area contributed by atoms with Crippen molar-refractivity contribution in [1.82, 2.24) is 9.80 Å². The van der Waals surface area contributed by atoms with Crippen molar-refractivity contribution in [2.75, 3.05) is 19.7 Å². The van der Waals surface area contributed by atoms with E-state index < -0.39 is 0 Å². The van der Waals surface area contributed by atoms with Crippen molar-refractivity contribution in [1.29, 1.82) is 0 Å². The molecule has 1 aliphatic rings. The van der Waals surface area contributed by atoms with Gasteiger partial charge in [-0.2, -0.15) is 0 Å². The maximum atomic E-state index is 13.1. The van der Waals surface area contributed by atoms with E-state index in [1.54, 1.807) is 0 Å². The van der Waals surface area contributed by atoms with Gasteiger partial charge in [0.1, 0.15) is 11.6 Å². The first kappa shape index (κ1) is 20.3. The molecular formula is C23H29FN2O2. The Morgan fingerprint density at radius 1 is 1.04 bits per heavy atom. The lowest BCUT2D eigenvalue weighted by Gasteiger charge is -2.44. The van der Waals surface area contributed by atoms with Gasteiger partial charge in [-0.3, -0.25) is 9.69 Å². The van der Waals surface area contributed by atoms with Gasteiger partial charge in [0.25, 0.3) is 5.91 Å². The lowest BCUT2D eigenvalue weighted by Crippen LogP contribution is -2.58. The zero-order valence-electron chi connectivity index (χ0n) is 17.1. The zero-order valence-corrected chi connectivity index (χ0v) is 17.1. The standard InChI is InChI=1S/C23H29FN2O2/c1-16-9-17(2)11-22(10-16)28-15-23(27)26-13-18(3)25(12-19(26)4)14-20-5-7-21(24)8-6-20/h5-11,18-19H,12-15H2,1-4H3/t18-,19+/m1/s1. The Kier molecular flexibility index (Phi) is 6.35. The predicted octanol–water partition coefficient (Wildman–Crippen LogP) is 3.94. The minimum Gasteiger partial charge on any atom is -0.484 e. The molecule has 1 fully saturated rings. The van der Waals surface area contributed by atoms with E-state index in [0.29, 0.717) is 6.54 Å². The molecular weight excluding hydrogens is 355 g/mol. The van der Waals surface area contributed by atoms with E-state index in [2.05, 4.69) is 24.8 Å². The molecule has 1 aliphatic heterocycles. The number of benzene rings is 2. The first-order valence-corrected chi connectivity index (χ1v) is 9.81. The molecule has 0 radical (unpaired) electrons. The summed E-state index contributed by atoms with van der Waals surface area (Å²) < 4.78 is 18.9. The number of hydrogen-bond acceptors (Lipinski definition) is 3. The summed E-state index contributed by atoms with van der Waals surface area (Å²) in [6, 6.07) is 12.9. The summed E-state index contributed by atoms with van der Waals surface area (Å²) in [4.78, 5) is 17.0. The Labute approximate surface area is 166 Å². The highest BCUT2D eigenvalue weighted by Crippen LogP contribution is 2.20. The van der Waals surface area contributed by atoms with Crippen molar-refractivity contribution in [2.24, 2.45) is 0 Å². The van der Waals surface area contributed by atoms with Crippen LogP contribution in [0.25, 0.3) is 0 Å². The molecule has 0 aromatic heterocycles. The van der Waals surface area contributed by atoms with Crippen molar-refractivity contribution in [3.8, 4) is 5.75 Å². The van der Waals surface area contributed by atoms with Crippen LogP contribution >= 0.6 is 0 Å². The first-order valence-electron chi connectivity index (χ1n) is 9.81. The summed E-state index contributed by atoms with van der Waals surface area (Å²) in [5.74, 6) is 0.533. The van der Waals surface area contributed by atoms with Gasteiger partial charge in [-0.25, -0.2) is 4.39 Å². The smallest absolute Gasteiger partial charge is 0.260 e. The molecule has 0 saturated carbocycles. The maximum Gasteiger partial charge on any atom is 0.260 e. The molecule has 0 N–H and O–H groups in total. The molecule has 0 unspecified atom stereocenters. The molecule has 28 heavy (non-hydrogen) atoms. The van der Waals surface area contributed by atoms with Gasteiger partial charge in [-0.1, -0.05) is 18.2 Å². The summed E-state index contributed by atoms with van der Waals surface area (Å²) >= 11 is 0. The number of ether oxygens (including phenoxy) is 1. The van der Waals surface area contributed by atoms with Crippen molar-refractivity contribution < 1.29 is 13.9 Å². The molecule has 5 heteroatoms. The third kappa shape index (κ3) is 5.10. The molecule has 3 rings (SSSR count). The SMILES string of the molecule is Cc1cc(C)cc(OCC(=O)N2C[C@@H](C)N(Cc3ccc(F)cc3)C[C@@H]2C)c1. The van der Waals surface area contributed by atoms with Crippen LogP contribution in [0.5, 0.6) is 5.75 Å². The van der Waals surface area contributed by atoms with Gasteiger partial charge in [0.2, 0.25) is 0 Å². The zero-order chi connectivity index (χ0) is 20.3. The van der Waals surface area contributed by atoms with E-state index in [1.807, 2.05) is 43.0 Å². The highest BCUT2D eigenvalue weighted by Gasteiger charge is 2.32. The van der Waals surface area contributed by atoms with E-state index in [9.17, 15) is 9.18 Å². The van der Waals surface area contributed by atoms with Crippen molar-refractivity contribution in [3.63, 3.8) is 0 Å². The monoisotopic (exact) mass is 384 g/mol. The summed E-state index contributed by atoms with van der Waals surface area (Å²) in [6.07, 6.45) is 0. The minimum absolute atomic E-state index is 0.0138. The second kappa shape index (κ2) is 8.74. The number of amides is 1. The maximum absolute atomic E-state index is 13.1. The van der Waals surface area contributed by atoms with Gasteiger partial charge in [0, 0.05) is 31.7 Å². The Balaban J connectivity index is 1.56. The number of nitrogens with zero attached hydrogens (tertiary/aromatic N) is 2. The topological polar surface area (TPSA) is 32.8 Å². The van der Waals surface area contributed by atoms with E-state index in [1.165, 1.54) is 12.1 Å². The molecule has 4 nitrogen and oxygen atoms in total. The highest BCUT2D eigenvalue weighted by molar-refractivity contribution is 5.78. The number of halogens is 1. The van der Waals surface area contributed by atoms with Crippen LogP contribution in [0.15, 0.2) is 42.5 Å². The summed E-state index contributed by atoms with van der Waals surface area (Å²) in [5, 5.41) is 0. The van der Waals surface area contributed by atoms with Crippen molar-refractivity contribution in [3.05, 3.63) is 65.0 Å². The van der Waals surface area contributed by atoms with Crippen LogP contribution in [-0.2, 0) is 11.3 Å². The summed E-state index contributed by atoms with van der Waals surface area (Å²) in [7, 11) is 0. The third-order valence-corrected chi connectivity index (χ3v) is 5.29. The van der Waals surface area contributed by atoms with Crippen LogP contribution < -0.4 is 4.74 Å². The van der Waals surface area contributed by atoms with Gasteiger partial charge in [-0.15, -0.1) is 0 Å². The van der Waals surface area contributed by atoms with Crippen molar-refractivity contribution in [2.45, 2.75) is 46.3 Å². The number of aryl methyl sites for hydroxylation is 2. The van der Waals surface area contributed by atoms with Crippen LogP contribution in [0.3, 0.4) is 0 Å². The summed E-state index contributed by atoms with van der Waals surface area (Å²) in [6.45, 7) is 10.5. The summed E-state index contributed by atoms with van der Waals surface area (Å²) in [5.41, 5.74) is 3.33. The number of rotatable bonds is 5. The molecule has 2 aromatic carbocycles. The van der Waals surface area contributed by atoms with Crippen LogP contribution in [0.4, 0.5) is 4.39 Å². The Morgan fingerprint density at radius 2 is 1.68 bits per heavy atom. The third-order valence-electron chi connectivity index (χ3n) is 5.29. The van der Waals surface area contributed by atoms with Gasteiger partial charge >= 0.3 is 0 Å². The van der Waals surface area contributed by atoms with E-state index >= 15 is 0 Å². The Morgan fingerprint density at radius 3 is 2.32 bits per heavy atom. The lowest BCUT2D eigenvalue weighted by molar-refractivity contribution is -0.139. The lowest BCUT2D eigenvalue weighted by atomic mass is 10.1. The average molecular weight is 384 g/mol. The van der Waals surface area contributed by atoms with E-state index in [-0.39, 0.29) is 30.4 Å².